The quantitative estimate of drug-likeness (QED) is 0.221. The molecule has 2 rings (SSSR count). The minimum Gasteiger partial charge on any atom is -0.492 e. The van der Waals surface area contributed by atoms with Crippen molar-refractivity contribution in [1.82, 2.24) is 4.90 Å². The Balaban J connectivity index is 1.90. The van der Waals surface area contributed by atoms with E-state index in [1.54, 1.807) is 60.4 Å². The van der Waals surface area contributed by atoms with Crippen molar-refractivity contribution in [2.75, 3.05) is 31.6 Å². The molecule has 0 aliphatic rings. The highest BCUT2D eigenvalue weighted by Crippen LogP contribution is 2.23. The number of nitrogens with zero attached hydrogens (tertiary/aromatic N) is 1. The predicted octanol–water partition coefficient (Wildman–Crippen LogP) is 6.80. The van der Waals surface area contributed by atoms with Gasteiger partial charge in [-0.1, -0.05) is 48.7 Å². The molecule has 0 aromatic heterocycles. The van der Waals surface area contributed by atoms with Crippen LogP contribution in [-0.4, -0.2) is 60.6 Å². The van der Waals surface area contributed by atoms with E-state index in [0.717, 1.165) is 5.56 Å². The Morgan fingerprint density at radius 2 is 1.71 bits per heavy atom. The average molecular weight is 559 g/mol. The number of hydrogen-bond donors (Lipinski definition) is 2. The molecule has 7 nitrogen and oxygen atoms in total. The molecule has 0 saturated carbocycles. The van der Waals surface area contributed by atoms with Crippen molar-refractivity contribution in [3.8, 4) is 5.75 Å². The third-order valence-electron chi connectivity index (χ3n) is 5.66. The number of halogens is 4. The standard InChI is InChI=1S/C27H34ClF3N2O5/c1-2-37-24(25(34)35)19-20-11-13-21(14-12-20)38-18-17-33(16-8-4-3-7-15-27(29,30)31)26(36)32-23-10-6-5-9-22(23)28/h5-6,9-14,24H,2-4,7-8,15-19H2,1H3,(H,32,36)(H,34,35). The second-order valence-electron chi connectivity index (χ2n) is 8.66. The molecular formula is C27H34ClF3N2O5. The number of hydrogen-bond acceptors (Lipinski definition) is 4. The van der Waals surface area contributed by atoms with E-state index < -0.39 is 24.7 Å². The van der Waals surface area contributed by atoms with Crippen LogP contribution in [0.1, 0.15) is 44.6 Å². The molecule has 2 N–H and O–H groups in total. The van der Waals surface area contributed by atoms with Gasteiger partial charge in [-0.3, -0.25) is 0 Å². The van der Waals surface area contributed by atoms with Crippen LogP contribution in [0.5, 0.6) is 5.75 Å². The zero-order valence-electron chi connectivity index (χ0n) is 21.3. The van der Waals surface area contributed by atoms with Crippen LogP contribution in [0.2, 0.25) is 5.02 Å². The summed E-state index contributed by atoms with van der Waals surface area (Å²) in [4.78, 5) is 25.7. The number of aliphatic carboxylic acids is 1. The maximum absolute atomic E-state index is 12.9. The summed E-state index contributed by atoms with van der Waals surface area (Å²) in [6.45, 7) is 2.80. The van der Waals surface area contributed by atoms with Crippen LogP contribution in [0.3, 0.4) is 0 Å². The lowest BCUT2D eigenvalue weighted by Gasteiger charge is -2.23. The Morgan fingerprint density at radius 3 is 2.34 bits per heavy atom. The number of nitrogens with one attached hydrogen (secondary N) is 1. The molecule has 0 radical (unpaired) electrons. The molecule has 1 atom stereocenters. The van der Waals surface area contributed by atoms with Crippen LogP contribution in [0.4, 0.5) is 23.7 Å². The number of carboxylic acids is 1. The van der Waals surface area contributed by atoms with Crippen LogP contribution in [0.25, 0.3) is 0 Å². The number of ether oxygens (including phenoxy) is 2. The number of rotatable bonds is 16. The fraction of sp³-hybridized carbons (Fsp3) is 0.481. The summed E-state index contributed by atoms with van der Waals surface area (Å²) < 4.78 is 48.0. The maximum atomic E-state index is 12.9. The van der Waals surface area contributed by atoms with E-state index in [-0.39, 0.29) is 32.0 Å². The van der Waals surface area contributed by atoms with Gasteiger partial charge in [0, 0.05) is 26.0 Å². The lowest BCUT2D eigenvalue weighted by molar-refractivity contribution is -0.150. The van der Waals surface area contributed by atoms with E-state index in [4.69, 9.17) is 21.1 Å². The summed E-state index contributed by atoms with van der Waals surface area (Å²) >= 11 is 6.14. The molecule has 0 aliphatic carbocycles. The molecule has 38 heavy (non-hydrogen) atoms. The summed E-state index contributed by atoms with van der Waals surface area (Å²) in [5.41, 5.74) is 1.24. The van der Waals surface area contributed by atoms with Crippen LogP contribution in [0, 0.1) is 0 Å². The smallest absolute Gasteiger partial charge is 0.389 e. The van der Waals surface area contributed by atoms with Crippen molar-refractivity contribution < 1.29 is 37.3 Å². The fourth-order valence-corrected chi connectivity index (χ4v) is 3.86. The van der Waals surface area contributed by atoms with Crippen molar-refractivity contribution in [1.29, 1.82) is 0 Å². The SMILES string of the molecule is CCOC(Cc1ccc(OCCN(CCCCCCC(F)(F)F)C(=O)Nc2ccccc2Cl)cc1)C(=O)O. The van der Waals surface area contributed by atoms with Gasteiger partial charge in [0.05, 0.1) is 17.3 Å². The lowest BCUT2D eigenvalue weighted by atomic mass is 10.1. The predicted molar refractivity (Wildman–Crippen MR) is 140 cm³/mol. The third kappa shape index (κ3) is 12.0. The summed E-state index contributed by atoms with van der Waals surface area (Å²) in [7, 11) is 0. The second kappa shape index (κ2) is 16.1. The van der Waals surface area contributed by atoms with E-state index in [1.807, 2.05) is 0 Å². The molecule has 0 aliphatic heterocycles. The number of anilines is 1. The summed E-state index contributed by atoms with van der Waals surface area (Å²) in [6, 6.07) is 13.4. The van der Waals surface area contributed by atoms with Gasteiger partial charge in [0.2, 0.25) is 0 Å². The summed E-state index contributed by atoms with van der Waals surface area (Å²) in [5.74, 6) is -0.474. The number of amides is 2. The van der Waals surface area contributed by atoms with E-state index in [0.29, 0.717) is 48.9 Å². The van der Waals surface area contributed by atoms with Gasteiger partial charge in [-0.2, -0.15) is 13.2 Å². The van der Waals surface area contributed by atoms with Crippen LogP contribution >= 0.6 is 11.6 Å². The average Bonchev–Trinajstić information content (AvgIpc) is 2.86. The van der Waals surface area contributed by atoms with Gasteiger partial charge >= 0.3 is 18.2 Å². The number of carbonyl (C=O) groups excluding carboxylic acids is 1. The van der Waals surface area contributed by atoms with E-state index in [1.165, 1.54) is 0 Å². The zero-order chi connectivity index (χ0) is 28.0. The molecule has 0 fully saturated rings. The largest absolute Gasteiger partial charge is 0.492 e. The van der Waals surface area contributed by atoms with E-state index in [9.17, 15) is 27.9 Å². The molecule has 0 bridgehead atoms. The molecule has 0 saturated heterocycles. The Labute approximate surface area is 225 Å². The fourth-order valence-electron chi connectivity index (χ4n) is 3.68. The van der Waals surface area contributed by atoms with Gasteiger partial charge in [0.15, 0.2) is 6.10 Å². The third-order valence-corrected chi connectivity index (χ3v) is 5.99. The molecule has 2 aromatic rings. The topological polar surface area (TPSA) is 88.1 Å². The first-order chi connectivity index (χ1) is 18.1. The van der Waals surface area contributed by atoms with Crippen molar-refractivity contribution in [2.24, 2.45) is 0 Å². The van der Waals surface area contributed by atoms with Crippen molar-refractivity contribution in [2.45, 2.75) is 57.7 Å². The molecule has 2 amide bonds. The maximum Gasteiger partial charge on any atom is 0.389 e. The lowest BCUT2D eigenvalue weighted by Crippen LogP contribution is -2.38. The Bertz CT molecular complexity index is 1000. The monoisotopic (exact) mass is 558 g/mol. The molecule has 210 valence electrons. The molecule has 2 aromatic carbocycles. The highest BCUT2D eigenvalue weighted by atomic mass is 35.5. The number of para-hydroxylation sites is 1. The number of alkyl halides is 3. The van der Waals surface area contributed by atoms with Gasteiger partial charge in [-0.05, 0) is 49.6 Å². The number of carbonyl (C=O) groups is 2. The number of carboxylic acid groups (broad SMARTS) is 1. The number of unbranched alkanes of at least 4 members (excludes halogenated alkanes) is 3. The summed E-state index contributed by atoms with van der Waals surface area (Å²) in [5, 5.41) is 12.4. The van der Waals surface area contributed by atoms with Gasteiger partial charge in [-0.15, -0.1) is 0 Å². The Hall–Kier alpha value is -2.98. The van der Waals surface area contributed by atoms with Crippen molar-refractivity contribution in [3.05, 3.63) is 59.1 Å². The zero-order valence-corrected chi connectivity index (χ0v) is 22.1. The Kier molecular flexibility index (Phi) is 13.2. The Morgan fingerprint density at radius 1 is 1.03 bits per heavy atom. The first kappa shape index (κ1) is 31.2. The minimum absolute atomic E-state index is 0.0617. The van der Waals surface area contributed by atoms with Crippen LogP contribution < -0.4 is 10.1 Å². The molecule has 11 heteroatoms. The van der Waals surface area contributed by atoms with Crippen molar-refractivity contribution in [3.63, 3.8) is 0 Å². The molecule has 0 heterocycles. The van der Waals surface area contributed by atoms with Gasteiger partial charge in [0.1, 0.15) is 12.4 Å². The molecule has 1 unspecified atom stereocenters. The van der Waals surface area contributed by atoms with Crippen molar-refractivity contribution >= 4 is 29.3 Å². The van der Waals surface area contributed by atoms with Gasteiger partial charge in [0.25, 0.3) is 0 Å². The highest BCUT2D eigenvalue weighted by molar-refractivity contribution is 6.33. The van der Waals surface area contributed by atoms with Gasteiger partial charge in [-0.25, -0.2) is 9.59 Å². The van der Waals surface area contributed by atoms with Crippen LogP contribution in [-0.2, 0) is 16.0 Å². The number of benzene rings is 2. The highest BCUT2D eigenvalue weighted by Gasteiger charge is 2.25. The first-order valence-corrected chi connectivity index (χ1v) is 12.9. The van der Waals surface area contributed by atoms with E-state index >= 15 is 0 Å². The number of urea groups is 1. The normalized spacial score (nSPS) is 12.1. The van der Waals surface area contributed by atoms with Crippen LogP contribution in [0.15, 0.2) is 48.5 Å². The van der Waals surface area contributed by atoms with Gasteiger partial charge < -0.3 is 24.8 Å². The molecular weight excluding hydrogens is 525 g/mol. The second-order valence-corrected chi connectivity index (χ2v) is 9.06. The van der Waals surface area contributed by atoms with E-state index in [2.05, 4.69) is 5.32 Å². The summed E-state index contributed by atoms with van der Waals surface area (Å²) in [6.07, 6.45) is -4.06. The molecule has 0 spiro atoms. The minimum atomic E-state index is -4.16. The first-order valence-electron chi connectivity index (χ1n) is 12.5.